The van der Waals surface area contributed by atoms with Crippen molar-refractivity contribution in [1.29, 1.82) is 0 Å². The SMILES string of the molecule is COCCNCCOc1ccc(N)cc1. The number of anilines is 1. The quantitative estimate of drug-likeness (QED) is 0.518. The van der Waals surface area contributed by atoms with Gasteiger partial charge in [-0.25, -0.2) is 0 Å². The first-order chi connectivity index (χ1) is 7.33. The maximum atomic E-state index is 5.55. The van der Waals surface area contributed by atoms with Crippen molar-refractivity contribution in [3.63, 3.8) is 0 Å². The highest BCUT2D eigenvalue weighted by Gasteiger charge is 1.92. The molecule has 0 fully saturated rings. The number of nitrogen functional groups attached to an aromatic ring is 1. The first-order valence-corrected chi connectivity index (χ1v) is 5.01. The van der Waals surface area contributed by atoms with Gasteiger partial charge in [-0.15, -0.1) is 0 Å². The van der Waals surface area contributed by atoms with Crippen LogP contribution < -0.4 is 15.8 Å². The van der Waals surface area contributed by atoms with Gasteiger partial charge in [0.1, 0.15) is 12.4 Å². The molecule has 0 unspecified atom stereocenters. The van der Waals surface area contributed by atoms with Gasteiger partial charge in [-0.1, -0.05) is 0 Å². The fraction of sp³-hybridized carbons (Fsp3) is 0.455. The van der Waals surface area contributed by atoms with E-state index in [0.717, 1.165) is 31.1 Å². The Morgan fingerprint density at radius 2 is 1.80 bits per heavy atom. The molecule has 4 heteroatoms. The van der Waals surface area contributed by atoms with Crippen LogP contribution in [0, 0.1) is 0 Å². The largest absolute Gasteiger partial charge is 0.492 e. The summed E-state index contributed by atoms with van der Waals surface area (Å²) in [5.74, 6) is 0.845. The van der Waals surface area contributed by atoms with Gasteiger partial charge in [-0.05, 0) is 24.3 Å². The number of rotatable bonds is 7. The van der Waals surface area contributed by atoms with E-state index in [-0.39, 0.29) is 0 Å². The van der Waals surface area contributed by atoms with Gasteiger partial charge in [0, 0.05) is 25.9 Å². The summed E-state index contributed by atoms with van der Waals surface area (Å²) in [6.07, 6.45) is 0. The molecule has 0 radical (unpaired) electrons. The molecule has 0 saturated heterocycles. The molecule has 0 aliphatic carbocycles. The second kappa shape index (κ2) is 7.09. The number of ether oxygens (including phenoxy) is 2. The van der Waals surface area contributed by atoms with E-state index in [4.69, 9.17) is 15.2 Å². The van der Waals surface area contributed by atoms with Crippen LogP contribution in [-0.2, 0) is 4.74 Å². The summed E-state index contributed by atoms with van der Waals surface area (Å²) in [7, 11) is 1.69. The molecule has 0 spiro atoms. The predicted octanol–water partition coefficient (Wildman–Crippen LogP) is 0.884. The monoisotopic (exact) mass is 210 g/mol. The Morgan fingerprint density at radius 3 is 2.47 bits per heavy atom. The standard InChI is InChI=1S/C11H18N2O2/c1-14-8-6-13-7-9-15-11-4-2-10(12)3-5-11/h2-5,13H,6-9,12H2,1H3. The highest BCUT2D eigenvalue weighted by atomic mass is 16.5. The molecule has 0 saturated carbocycles. The summed E-state index contributed by atoms with van der Waals surface area (Å²) in [6.45, 7) is 3.03. The molecule has 0 bridgehead atoms. The Labute approximate surface area is 90.4 Å². The van der Waals surface area contributed by atoms with Crippen LogP contribution in [0.1, 0.15) is 0 Å². The van der Waals surface area contributed by atoms with Crippen molar-refractivity contribution in [2.75, 3.05) is 39.1 Å². The zero-order chi connectivity index (χ0) is 10.9. The van der Waals surface area contributed by atoms with Crippen LogP contribution in [0.25, 0.3) is 0 Å². The molecule has 4 nitrogen and oxygen atoms in total. The van der Waals surface area contributed by atoms with Crippen LogP contribution >= 0.6 is 0 Å². The minimum absolute atomic E-state index is 0.646. The van der Waals surface area contributed by atoms with Gasteiger partial charge in [0.05, 0.1) is 6.61 Å². The van der Waals surface area contributed by atoms with E-state index in [9.17, 15) is 0 Å². The Balaban J connectivity index is 2.07. The van der Waals surface area contributed by atoms with E-state index in [2.05, 4.69) is 5.32 Å². The van der Waals surface area contributed by atoms with Gasteiger partial charge in [-0.2, -0.15) is 0 Å². The van der Waals surface area contributed by atoms with Gasteiger partial charge in [0.15, 0.2) is 0 Å². The van der Waals surface area contributed by atoms with Gasteiger partial charge < -0.3 is 20.5 Å². The van der Waals surface area contributed by atoms with E-state index in [1.807, 2.05) is 24.3 Å². The fourth-order valence-corrected chi connectivity index (χ4v) is 1.10. The molecule has 0 aromatic heterocycles. The minimum atomic E-state index is 0.646. The Hall–Kier alpha value is -1.26. The topological polar surface area (TPSA) is 56.5 Å². The van der Waals surface area contributed by atoms with E-state index in [1.54, 1.807) is 7.11 Å². The smallest absolute Gasteiger partial charge is 0.119 e. The van der Waals surface area contributed by atoms with Crippen LogP contribution in [0.3, 0.4) is 0 Å². The number of hydrogen-bond acceptors (Lipinski definition) is 4. The molecule has 0 amide bonds. The lowest BCUT2D eigenvalue weighted by Gasteiger charge is -2.07. The first-order valence-electron chi connectivity index (χ1n) is 5.01. The van der Waals surface area contributed by atoms with Crippen LogP contribution in [0.4, 0.5) is 5.69 Å². The second-order valence-corrected chi connectivity index (χ2v) is 3.16. The lowest BCUT2D eigenvalue weighted by molar-refractivity contribution is 0.197. The summed E-state index contributed by atoms with van der Waals surface area (Å²) >= 11 is 0. The van der Waals surface area contributed by atoms with Gasteiger partial charge >= 0.3 is 0 Å². The van der Waals surface area contributed by atoms with Crippen LogP contribution in [-0.4, -0.2) is 33.4 Å². The molecule has 1 aromatic rings. The van der Waals surface area contributed by atoms with Crippen LogP contribution in [0.2, 0.25) is 0 Å². The average Bonchev–Trinajstić information content (AvgIpc) is 2.26. The summed E-state index contributed by atoms with van der Waals surface area (Å²) in [5.41, 5.74) is 6.31. The summed E-state index contributed by atoms with van der Waals surface area (Å²) in [4.78, 5) is 0. The number of nitrogens with one attached hydrogen (secondary N) is 1. The third kappa shape index (κ3) is 5.24. The van der Waals surface area contributed by atoms with Gasteiger partial charge in [0.25, 0.3) is 0 Å². The van der Waals surface area contributed by atoms with Crippen molar-refractivity contribution in [1.82, 2.24) is 5.32 Å². The molecular weight excluding hydrogens is 192 g/mol. The molecule has 15 heavy (non-hydrogen) atoms. The number of benzene rings is 1. The summed E-state index contributed by atoms with van der Waals surface area (Å²) in [5, 5.41) is 3.19. The molecule has 1 rings (SSSR count). The van der Waals surface area contributed by atoms with Gasteiger partial charge in [0.2, 0.25) is 0 Å². The zero-order valence-electron chi connectivity index (χ0n) is 9.03. The number of hydrogen-bond donors (Lipinski definition) is 2. The van der Waals surface area contributed by atoms with E-state index < -0.39 is 0 Å². The molecule has 0 aliphatic rings. The van der Waals surface area contributed by atoms with Crippen molar-refractivity contribution in [3.8, 4) is 5.75 Å². The minimum Gasteiger partial charge on any atom is -0.492 e. The average molecular weight is 210 g/mol. The summed E-state index contributed by atoms with van der Waals surface area (Å²) in [6, 6.07) is 7.39. The first kappa shape index (κ1) is 11.8. The molecule has 0 atom stereocenters. The third-order valence-electron chi connectivity index (χ3n) is 1.91. The molecule has 3 N–H and O–H groups in total. The second-order valence-electron chi connectivity index (χ2n) is 3.16. The predicted molar refractivity (Wildman–Crippen MR) is 61.1 cm³/mol. The lowest BCUT2D eigenvalue weighted by Crippen LogP contribution is -2.24. The Morgan fingerprint density at radius 1 is 1.13 bits per heavy atom. The highest BCUT2D eigenvalue weighted by Crippen LogP contribution is 2.12. The van der Waals surface area contributed by atoms with Crippen LogP contribution in [0.5, 0.6) is 5.75 Å². The maximum absolute atomic E-state index is 5.55. The Bertz CT molecular complexity index is 262. The number of methoxy groups -OCH3 is 1. The number of nitrogens with two attached hydrogens (primary N) is 1. The molecular formula is C11H18N2O2. The van der Waals surface area contributed by atoms with Crippen molar-refractivity contribution in [2.24, 2.45) is 0 Å². The normalized spacial score (nSPS) is 10.2. The van der Waals surface area contributed by atoms with Crippen molar-refractivity contribution < 1.29 is 9.47 Å². The van der Waals surface area contributed by atoms with E-state index >= 15 is 0 Å². The molecule has 1 aromatic carbocycles. The van der Waals surface area contributed by atoms with Crippen molar-refractivity contribution in [2.45, 2.75) is 0 Å². The lowest BCUT2D eigenvalue weighted by atomic mass is 10.3. The molecule has 84 valence electrons. The molecule has 0 heterocycles. The third-order valence-corrected chi connectivity index (χ3v) is 1.91. The fourth-order valence-electron chi connectivity index (χ4n) is 1.10. The van der Waals surface area contributed by atoms with E-state index in [0.29, 0.717) is 6.61 Å². The summed E-state index contributed by atoms with van der Waals surface area (Å²) < 4.78 is 10.4. The molecule has 0 aliphatic heterocycles. The maximum Gasteiger partial charge on any atom is 0.119 e. The Kier molecular flexibility index (Phi) is 5.58. The van der Waals surface area contributed by atoms with E-state index in [1.165, 1.54) is 0 Å². The van der Waals surface area contributed by atoms with Gasteiger partial charge in [-0.3, -0.25) is 0 Å². The van der Waals surface area contributed by atoms with Crippen LogP contribution in [0.15, 0.2) is 24.3 Å². The zero-order valence-corrected chi connectivity index (χ0v) is 9.03. The highest BCUT2D eigenvalue weighted by molar-refractivity contribution is 5.41. The van der Waals surface area contributed by atoms with Crippen molar-refractivity contribution >= 4 is 5.69 Å². The van der Waals surface area contributed by atoms with Crippen molar-refractivity contribution in [3.05, 3.63) is 24.3 Å².